The lowest BCUT2D eigenvalue weighted by molar-refractivity contribution is -0.300. The van der Waals surface area contributed by atoms with E-state index in [1.807, 2.05) is 26.0 Å². The topological polar surface area (TPSA) is 132 Å². The van der Waals surface area contributed by atoms with Gasteiger partial charge in [-0.15, -0.1) is 0 Å². The van der Waals surface area contributed by atoms with Gasteiger partial charge >= 0.3 is 5.97 Å². The maximum absolute atomic E-state index is 14.2. The van der Waals surface area contributed by atoms with Crippen molar-refractivity contribution in [3.8, 4) is 0 Å². The zero-order valence-corrected chi connectivity index (χ0v) is 28.6. The average molecular weight is 664 g/mol. The van der Waals surface area contributed by atoms with Gasteiger partial charge < -0.3 is 29.2 Å². The number of fused-ring (bicyclic) bond motifs is 2. The number of carbonyl (C=O) groups is 3. The van der Waals surface area contributed by atoms with Crippen molar-refractivity contribution in [1.29, 1.82) is 0 Å². The standard InChI is InChI=1S/C38H49NO9/c1-7-39-17-35(18-48-33(42)22-11-9-8-10-21(22)28-20(3)19(2)14-25(28)40)13-12-27(46-5)37-24-15-23-26(45-4)16-36(43,29(24)30(23)41)38(44,34(37)39)32(47-6)31(35)37/h8-11,19,23-24,26-29,31-32,34,43-44H,3,7,12-18H2,1-2,4-6H3/t19-,23+,24+,26-,27-,28?,29+,31+,32-,34?,35-,36+,37-,38+/m0/s1. The highest BCUT2D eigenvalue weighted by Crippen LogP contribution is 2.80. The Labute approximate surface area is 282 Å². The number of hydrogen-bond acceptors (Lipinski definition) is 10. The summed E-state index contributed by atoms with van der Waals surface area (Å²) >= 11 is 0. The number of ether oxygens (including phenoxy) is 4. The van der Waals surface area contributed by atoms with Gasteiger partial charge in [0.25, 0.3) is 0 Å². The first-order valence-electron chi connectivity index (χ1n) is 17.7. The molecular formula is C38H49NO9. The van der Waals surface area contributed by atoms with E-state index < -0.39 is 58.1 Å². The number of rotatable bonds is 8. The number of nitrogens with zero attached hydrogens (tertiary/aromatic N) is 1. The molecule has 10 nitrogen and oxygen atoms in total. The molecule has 7 fully saturated rings. The smallest absolute Gasteiger partial charge is 0.338 e. The summed E-state index contributed by atoms with van der Waals surface area (Å²) in [7, 11) is 4.85. The van der Waals surface area contributed by atoms with Crippen molar-refractivity contribution in [1.82, 2.24) is 4.90 Å². The summed E-state index contributed by atoms with van der Waals surface area (Å²) in [4.78, 5) is 43.6. The number of likely N-dealkylation sites (N-methyl/N-ethyl adjacent to an activating group) is 1. The number of hydrogen-bond donors (Lipinski definition) is 2. The zero-order valence-electron chi connectivity index (χ0n) is 28.6. The first-order chi connectivity index (χ1) is 22.9. The number of aliphatic hydroxyl groups is 2. The molecule has 1 aromatic carbocycles. The molecule has 2 unspecified atom stereocenters. The number of benzene rings is 1. The van der Waals surface area contributed by atoms with Crippen LogP contribution >= 0.6 is 0 Å². The van der Waals surface area contributed by atoms with Crippen LogP contribution in [0.3, 0.4) is 0 Å². The number of allylic oxidation sites excluding steroid dienone is 1. The lowest BCUT2D eigenvalue weighted by Gasteiger charge is -2.69. The Bertz CT molecular complexity index is 1580. The van der Waals surface area contributed by atoms with Crippen molar-refractivity contribution in [3.63, 3.8) is 0 Å². The van der Waals surface area contributed by atoms with Crippen molar-refractivity contribution in [2.24, 2.45) is 40.4 Å². The highest BCUT2D eigenvalue weighted by Gasteiger charge is 2.91. The van der Waals surface area contributed by atoms with Crippen molar-refractivity contribution >= 4 is 17.5 Å². The first-order valence-corrected chi connectivity index (χ1v) is 17.7. The summed E-state index contributed by atoms with van der Waals surface area (Å²) in [5.74, 6) is -2.75. The van der Waals surface area contributed by atoms with Gasteiger partial charge in [0, 0.05) is 63.4 Å². The van der Waals surface area contributed by atoms with E-state index in [2.05, 4.69) is 11.5 Å². The maximum Gasteiger partial charge on any atom is 0.338 e. The lowest BCUT2D eigenvalue weighted by Crippen LogP contribution is -2.81. The predicted octanol–water partition coefficient (Wildman–Crippen LogP) is 2.94. The van der Waals surface area contributed by atoms with Crippen LogP contribution in [0.4, 0.5) is 0 Å². The second-order valence-corrected chi connectivity index (χ2v) is 16.0. The molecule has 48 heavy (non-hydrogen) atoms. The number of ketones is 2. The lowest BCUT2D eigenvalue weighted by atomic mass is 9.42. The minimum atomic E-state index is -1.80. The molecule has 1 aromatic rings. The average Bonchev–Trinajstić information content (AvgIpc) is 3.56. The second-order valence-electron chi connectivity index (χ2n) is 16.0. The summed E-state index contributed by atoms with van der Waals surface area (Å²) in [6.07, 6.45) is 0.746. The third kappa shape index (κ3) is 3.62. The summed E-state index contributed by atoms with van der Waals surface area (Å²) in [6.45, 7) is 9.41. The number of Topliss-reactive ketones (excluding diaryl/α,β-unsaturated/α-hetero) is 2. The molecule has 2 N–H and O–H groups in total. The molecule has 1 saturated heterocycles. The second kappa shape index (κ2) is 10.8. The molecule has 260 valence electrons. The van der Waals surface area contributed by atoms with Crippen LogP contribution in [-0.4, -0.2) is 109 Å². The monoisotopic (exact) mass is 663 g/mol. The van der Waals surface area contributed by atoms with E-state index in [9.17, 15) is 24.6 Å². The number of piperidine rings is 1. The largest absolute Gasteiger partial charge is 0.461 e. The van der Waals surface area contributed by atoms with E-state index in [1.165, 1.54) is 0 Å². The van der Waals surface area contributed by atoms with Crippen LogP contribution in [0.2, 0.25) is 0 Å². The van der Waals surface area contributed by atoms with Crippen LogP contribution in [0.25, 0.3) is 0 Å². The Morgan fingerprint density at radius 3 is 2.50 bits per heavy atom. The minimum absolute atomic E-state index is 0.0394. The fourth-order valence-corrected chi connectivity index (χ4v) is 13.1. The van der Waals surface area contributed by atoms with Gasteiger partial charge in [0.15, 0.2) is 0 Å². The Balaban J connectivity index is 1.23. The Morgan fingerprint density at radius 1 is 1.10 bits per heavy atom. The van der Waals surface area contributed by atoms with E-state index in [0.717, 1.165) is 5.57 Å². The van der Waals surface area contributed by atoms with Crippen LogP contribution in [-0.2, 0) is 28.5 Å². The molecule has 8 rings (SSSR count). The van der Waals surface area contributed by atoms with Gasteiger partial charge in [0.2, 0.25) is 0 Å². The van der Waals surface area contributed by atoms with E-state index >= 15 is 0 Å². The van der Waals surface area contributed by atoms with Crippen LogP contribution in [0.5, 0.6) is 0 Å². The molecule has 0 aromatic heterocycles. The van der Waals surface area contributed by atoms with Crippen LogP contribution in [0.1, 0.15) is 67.8 Å². The van der Waals surface area contributed by atoms with Gasteiger partial charge in [-0.3, -0.25) is 14.5 Å². The molecule has 6 saturated carbocycles. The number of esters is 1. The molecule has 14 atom stereocenters. The fraction of sp³-hybridized carbons (Fsp3) is 0.711. The van der Waals surface area contributed by atoms with Gasteiger partial charge in [0.1, 0.15) is 22.8 Å². The fourth-order valence-electron chi connectivity index (χ4n) is 13.1. The third-order valence-corrected chi connectivity index (χ3v) is 14.6. The normalized spacial score (nSPS) is 48.7. The van der Waals surface area contributed by atoms with E-state index in [-0.39, 0.29) is 54.4 Å². The number of likely N-dealkylation sites (tertiary alicyclic amines) is 1. The van der Waals surface area contributed by atoms with Crippen LogP contribution < -0.4 is 0 Å². The minimum Gasteiger partial charge on any atom is -0.461 e. The van der Waals surface area contributed by atoms with Gasteiger partial charge in [-0.2, -0.15) is 0 Å². The van der Waals surface area contributed by atoms with Crippen molar-refractivity contribution < 1.29 is 43.5 Å². The molecular weight excluding hydrogens is 614 g/mol. The Kier molecular flexibility index (Phi) is 7.34. The van der Waals surface area contributed by atoms with Crippen molar-refractivity contribution in [2.45, 2.75) is 87.4 Å². The highest BCUT2D eigenvalue weighted by atomic mass is 16.5. The van der Waals surface area contributed by atoms with Gasteiger partial charge in [-0.1, -0.05) is 44.2 Å². The molecule has 0 radical (unpaired) electrons. The van der Waals surface area contributed by atoms with E-state index in [1.54, 1.807) is 33.5 Å². The molecule has 7 bridgehead atoms. The summed E-state index contributed by atoms with van der Waals surface area (Å²) in [5, 5.41) is 26.2. The summed E-state index contributed by atoms with van der Waals surface area (Å²) < 4.78 is 24.9. The van der Waals surface area contributed by atoms with Crippen LogP contribution in [0.15, 0.2) is 36.4 Å². The molecule has 1 aliphatic heterocycles. The summed E-state index contributed by atoms with van der Waals surface area (Å²) in [5.41, 5.74) is -3.17. The molecule has 1 heterocycles. The van der Waals surface area contributed by atoms with Gasteiger partial charge in [-0.05, 0) is 49.3 Å². The predicted molar refractivity (Wildman–Crippen MR) is 173 cm³/mol. The maximum atomic E-state index is 14.2. The Hall–Kier alpha value is -2.47. The molecule has 7 aliphatic rings. The first kappa shape index (κ1) is 32.7. The molecule has 0 amide bonds. The number of carbonyl (C=O) groups excluding carboxylic acids is 3. The van der Waals surface area contributed by atoms with E-state index in [4.69, 9.17) is 18.9 Å². The van der Waals surface area contributed by atoms with Crippen molar-refractivity contribution in [2.75, 3.05) is 41.0 Å². The third-order valence-electron chi connectivity index (χ3n) is 14.6. The molecule has 1 spiro atoms. The van der Waals surface area contributed by atoms with Crippen LogP contribution in [0, 0.1) is 40.4 Å². The van der Waals surface area contributed by atoms with Gasteiger partial charge in [0.05, 0.1) is 48.4 Å². The molecule has 10 heteroatoms. The van der Waals surface area contributed by atoms with E-state index in [0.29, 0.717) is 49.9 Å². The highest BCUT2D eigenvalue weighted by molar-refractivity contribution is 5.98. The van der Waals surface area contributed by atoms with Crippen molar-refractivity contribution in [3.05, 3.63) is 47.5 Å². The number of methoxy groups -OCH3 is 3. The summed E-state index contributed by atoms with van der Waals surface area (Å²) in [6, 6.07) is 6.62. The van der Waals surface area contributed by atoms with Gasteiger partial charge in [-0.25, -0.2) is 4.79 Å². The molecule has 6 aliphatic carbocycles. The SMILES string of the molecule is C=C1C(c2ccccc2C(=O)OC[C@]23CC[C@H](OC)[C@]45C(N(CC)C2)[C@](O)([C@@H](OC)[C@H]34)[C@@]2(O)C[C@H](OC)[C@H]3C[C@@H]5[C@@H]2C3=O)C(=O)C[C@@H]1C. The zero-order chi connectivity index (χ0) is 34.1. The Morgan fingerprint density at radius 2 is 1.85 bits per heavy atom. The quantitative estimate of drug-likeness (QED) is 0.316.